The van der Waals surface area contributed by atoms with E-state index >= 15 is 0 Å². The largest absolute Gasteiger partial charge is 0.496 e. The molecule has 2 aromatic carbocycles. The lowest BCUT2D eigenvalue weighted by Crippen LogP contribution is -2.53. The van der Waals surface area contributed by atoms with E-state index in [1.165, 1.54) is 29.1 Å². The van der Waals surface area contributed by atoms with Crippen LogP contribution in [0.2, 0.25) is 0 Å². The van der Waals surface area contributed by atoms with Gasteiger partial charge in [-0.25, -0.2) is 19.4 Å². The number of ether oxygens (including phenoxy) is 6. The van der Waals surface area contributed by atoms with Gasteiger partial charge in [-0.1, -0.05) is 36.5 Å². The van der Waals surface area contributed by atoms with Crippen molar-refractivity contribution in [2.24, 2.45) is 0 Å². The Kier molecular flexibility index (Phi) is 12.9. The summed E-state index contributed by atoms with van der Waals surface area (Å²) in [5.74, 6) is 0.600. The van der Waals surface area contributed by atoms with E-state index < -0.39 is 43.0 Å². The molecule has 0 bridgehead atoms. The lowest BCUT2D eigenvalue weighted by molar-refractivity contribution is -0.195. The fraction of sp³-hybridized carbons (Fsp3) is 0.442. The summed E-state index contributed by atoms with van der Waals surface area (Å²) >= 11 is 0. The molecule has 0 radical (unpaired) electrons. The van der Waals surface area contributed by atoms with Gasteiger partial charge in [0.25, 0.3) is 11.8 Å². The fourth-order valence-corrected chi connectivity index (χ4v) is 7.90. The first kappa shape index (κ1) is 42.0. The highest BCUT2D eigenvalue weighted by molar-refractivity contribution is 6.07. The standard InChI is InChI=1S/C24H30N2O6.C19H22N2O5/c1-5-9-31-24(28)26-18-12-16(3)20(29-4)13-17(18)22(27)25-14-15(2)11-19(25)23(26)32-21-8-6-7-10-30-21;1-5-6-26-19(24)21-14-8-12(3)16(25-4)9-13(14)17(22)20-10-11(2)7-15(20)18(21)23/h5,12-14,19,21,23H,1,6-11H2,2-4H3;5,8-10,15,18,23H,1,6-7H2,2-4H3/t19-,21?,23?;15-,18?/m00/s1. The zero-order chi connectivity index (χ0) is 41.8. The van der Waals surface area contributed by atoms with Crippen LogP contribution in [0.25, 0.3) is 0 Å². The van der Waals surface area contributed by atoms with Crippen molar-refractivity contribution in [3.8, 4) is 11.5 Å². The monoisotopic (exact) mass is 800 g/mol. The van der Waals surface area contributed by atoms with Crippen LogP contribution in [0.3, 0.4) is 0 Å². The topological polar surface area (TPSA) is 157 Å². The zero-order valence-electron chi connectivity index (χ0n) is 33.9. The smallest absolute Gasteiger partial charge is 0.416 e. The van der Waals surface area contributed by atoms with Crippen LogP contribution in [-0.4, -0.2) is 104 Å². The van der Waals surface area contributed by atoms with Gasteiger partial charge in [-0.05, 0) is 95.2 Å². The molecule has 15 heteroatoms. The van der Waals surface area contributed by atoms with Gasteiger partial charge in [0.15, 0.2) is 18.7 Å². The Morgan fingerprint density at radius 2 is 1.28 bits per heavy atom. The maximum absolute atomic E-state index is 13.6. The molecule has 5 atom stereocenters. The van der Waals surface area contributed by atoms with Gasteiger partial charge in [-0.15, -0.1) is 0 Å². The quantitative estimate of drug-likeness (QED) is 0.283. The molecule has 1 N–H and O–H groups in total. The second kappa shape index (κ2) is 17.9. The number of benzene rings is 2. The van der Waals surface area contributed by atoms with Crippen LogP contribution < -0.4 is 19.3 Å². The van der Waals surface area contributed by atoms with E-state index in [1.807, 2.05) is 27.0 Å². The third-order valence-electron chi connectivity index (χ3n) is 10.6. The predicted octanol–water partition coefficient (Wildman–Crippen LogP) is 6.72. The minimum Gasteiger partial charge on any atom is -0.496 e. The number of rotatable bonds is 8. The molecule has 0 aromatic heterocycles. The zero-order valence-corrected chi connectivity index (χ0v) is 33.9. The summed E-state index contributed by atoms with van der Waals surface area (Å²) < 4.78 is 33.6. The molecule has 0 spiro atoms. The molecule has 0 saturated carbocycles. The van der Waals surface area contributed by atoms with Crippen LogP contribution >= 0.6 is 0 Å². The van der Waals surface area contributed by atoms with E-state index in [2.05, 4.69) is 13.2 Å². The number of anilines is 2. The van der Waals surface area contributed by atoms with Crippen molar-refractivity contribution in [2.75, 3.05) is 43.8 Å². The number of aliphatic hydroxyl groups is 1. The summed E-state index contributed by atoms with van der Waals surface area (Å²) in [4.78, 5) is 58.4. The molecule has 5 heterocycles. The first-order valence-electron chi connectivity index (χ1n) is 19.3. The molecule has 3 unspecified atom stereocenters. The summed E-state index contributed by atoms with van der Waals surface area (Å²) in [6.45, 7) is 15.3. The Bertz CT molecular complexity index is 2020. The number of carbonyl (C=O) groups is 4. The highest BCUT2D eigenvalue weighted by atomic mass is 16.7. The van der Waals surface area contributed by atoms with E-state index in [0.717, 1.165) is 46.4 Å². The van der Waals surface area contributed by atoms with E-state index in [9.17, 15) is 24.3 Å². The van der Waals surface area contributed by atoms with Crippen molar-refractivity contribution in [3.05, 3.63) is 95.4 Å². The van der Waals surface area contributed by atoms with Gasteiger partial charge in [-0.2, -0.15) is 0 Å². The molecule has 2 aromatic rings. The van der Waals surface area contributed by atoms with Gasteiger partial charge in [0.05, 0.1) is 48.8 Å². The van der Waals surface area contributed by atoms with Crippen LogP contribution in [0.15, 0.2) is 73.1 Å². The first-order chi connectivity index (χ1) is 27.8. The normalized spacial score (nSPS) is 23.4. The number of amides is 4. The number of nitrogens with zero attached hydrogens (tertiary/aromatic N) is 4. The minimum absolute atomic E-state index is 0.00608. The summed E-state index contributed by atoms with van der Waals surface area (Å²) in [7, 11) is 3.07. The van der Waals surface area contributed by atoms with Crippen molar-refractivity contribution in [1.29, 1.82) is 0 Å². The van der Waals surface area contributed by atoms with Crippen molar-refractivity contribution < 1.29 is 52.7 Å². The van der Waals surface area contributed by atoms with Crippen molar-refractivity contribution in [3.63, 3.8) is 0 Å². The van der Waals surface area contributed by atoms with E-state index in [0.29, 0.717) is 47.9 Å². The fourth-order valence-electron chi connectivity index (χ4n) is 7.90. The third kappa shape index (κ3) is 8.20. The number of hydrogen-bond donors (Lipinski definition) is 1. The van der Waals surface area contributed by atoms with E-state index in [1.54, 1.807) is 49.4 Å². The molecule has 310 valence electrons. The number of aliphatic hydroxyl groups excluding tert-OH is 1. The average Bonchev–Trinajstić information content (AvgIpc) is 3.77. The number of fused-ring (bicyclic) bond motifs is 4. The number of hydrogen-bond acceptors (Lipinski definition) is 11. The maximum Gasteiger partial charge on any atom is 0.416 e. The van der Waals surface area contributed by atoms with Crippen LogP contribution in [0.5, 0.6) is 11.5 Å². The highest BCUT2D eigenvalue weighted by Gasteiger charge is 2.48. The third-order valence-corrected chi connectivity index (χ3v) is 10.6. The van der Waals surface area contributed by atoms with Crippen molar-refractivity contribution in [2.45, 2.75) is 90.6 Å². The molecular weight excluding hydrogens is 748 g/mol. The van der Waals surface area contributed by atoms with Crippen LogP contribution in [0.1, 0.15) is 77.8 Å². The number of carbonyl (C=O) groups excluding carboxylic acids is 4. The molecule has 5 aliphatic heterocycles. The van der Waals surface area contributed by atoms with Crippen LogP contribution in [0, 0.1) is 13.8 Å². The SMILES string of the molecule is C=CCOC(=O)N1c2cc(C)c(OC)cc2C(=O)N2C=C(C)C[C@H]2C1O.C=CCOC(=O)N1c2cc(C)c(OC)cc2C(=O)N2C=C(C)C[C@H]2C1OC1CCCCO1. The predicted molar refractivity (Wildman–Crippen MR) is 215 cm³/mol. The Hall–Kier alpha value is -5.64. The lowest BCUT2D eigenvalue weighted by Gasteiger charge is -2.38. The second-order valence-electron chi connectivity index (χ2n) is 14.8. The molecule has 0 aliphatic carbocycles. The van der Waals surface area contributed by atoms with Crippen LogP contribution in [-0.2, 0) is 18.9 Å². The molecule has 1 fully saturated rings. The number of methoxy groups -OCH3 is 2. The van der Waals surface area contributed by atoms with E-state index in [4.69, 9.17) is 28.4 Å². The van der Waals surface area contributed by atoms with Gasteiger partial charge in [0.1, 0.15) is 24.7 Å². The molecule has 58 heavy (non-hydrogen) atoms. The van der Waals surface area contributed by atoms with Gasteiger partial charge in [0, 0.05) is 19.0 Å². The first-order valence-corrected chi connectivity index (χ1v) is 19.3. The molecule has 4 amide bonds. The van der Waals surface area contributed by atoms with Crippen molar-refractivity contribution >= 4 is 35.4 Å². The summed E-state index contributed by atoms with van der Waals surface area (Å²) in [6, 6.07) is 5.73. The van der Waals surface area contributed by atoms with Gasteiger partial charge < -0.3 is 43.3 Å². The molecule has 7 rings (SSSR count). The molecule has 15 nitrogen and oxygen atoms in total. The minimum atomic E-state index is -1.24. The summed E-state index contributed by atoms with van der Waals surface area (Å²) in [6.07, 6.45) is 6.44. The lowest BCUT2D eigenvalue weighted by atomic mass is 10.1. The Balaban J connectivity index is 0.000000200. The van der Waals surface area contributed by atoms with Crippen molar-refractivity contribution in [1.82, 2.24) is 9.80 Å². The Labute approximate surface area is 338 Å². The maximum atomic E-state index is 13.6. The van der Waals surface area contributed by atoms with E-state index in [-0.39, 0.29) is 30.6 Å². The second-order valence-corrected chi connectivity index (χ2v) is 14.8. The molecular formula is C43H52N4O11. The summed E-state index contributed by atoms with van der Waals surface area (Å²) in [5, 5.41) is 10.9. The Morgan fingerprint density at radius 3 is 1.78 bits per heavy atom. The average molecular weight is 801 g/mol. The number of aryl methyl sites for hydroxylation is 2. The molecule has 5 aliphatic rings. The highest BCUT2D eigenvalue weighted by Crippen LogP contribution is 2.42. The molecule has 1 saturated heterocycles. The van der Waals surface area contributed by atoms with Gasteiger partial charge >= 0.3 is 12.2 Å². The van der Waals surface area contributed by atoms with Crippen LogP contribution in [0.4, 0.5) is 21.0 Å². The van der Waals surface area contributed by atoms with Gasteiger partial charge in [0.2, 0.25) is 0 Å². The summed E-state index contributed by atoms with van der Waals surface area (Å²) in [5.41, 5.74) is 4.88. The Morgan fingerprint density at radius 1 is 0.776 bits per heavy atom. The van der Waals surface area contributed by atoms with Gasteiger partial charge in [-0.3, -0.25) is 9.59 Å².